The van der Waals surface area contributed by atoms with Gasteiger partial charge in [-0.2, -0.15) is 0 Å². The number of hydrogen-bond acceptors (Lipinski definition) is 6. The molecule has 1 amide bonds. The van der Waals surface area contributed by atoms with Gasteiger partial charge in [0.2, 0.25) is 5.91 Å². The Bertz CT molecular complexity index is 1690. The van der Waals surface area contributed by atoms with E-state index in [1.807, 2.05) is 84.1 Å². The van der Waals surface area contributed by atoms with Gasteiger partial charge in [0.25, 0.3) is 0 Å². The first-order chi connectivity index (χ1) is 20.1. The molecule has 0 aliphatic carbocycles. The van der Waals surface area contributed by atoms with Crippen LogP contribution in [-0.4, -0.2) is 35.0 Å². The molecule has 1 saturated heterocycles. The van der Waals surface area contributed by atoms with Gasteiger partial charge in [-0.25, -0.2) is 0 Å². The van der Waals surface area contributed by atoms with Gasteiger partial charge in [0.05, 0.1) is 23.4 Å². The molecule has 1 fully saturated rings. The predicted molar refractivity (Wildman–Crippen MR) is 159 cm³/mol. The van der Waals surface area contributed by atoms with Crippen molar-refractivity contribution in [1.82, 2.24) is 4.90 Å². The maximum atomic E-state index is 14.8. The lowest BCUT2D eigenvalue weighted by molar-refractivity contribution is -0.122. The molecule has 3 aliphatic rings. The molecule has 7 rings (SSSR count). The van der Waals surface area contributed by atoms with Crippen molar-refractivity contribution in [2.24, 2.45) is 5.92 Å². The van der Waals surface area contributed by atoms with Crippen LogP contribution in [0.5, 0.6) is 5.75 Å². The van der Waals surface area contributed by atoms with Crippen LogP contribution in [0.2, 0.25) is 0 Å². The van der Waals surface area contributed by atoms with Crippen LogP contribution in [0, 0.1) is 5.92 Å². The van der Waals surface area contributed by atoms with Crippen molar-refractivity contribution < 1.29 is 19.1 Å². The number of benzene rings is 3. The van der Waals surface area contributed by atoms with Gasteiger partial charge in [0, 0.05) is 17.5 Å². The van der Waals surface area contributed by atoms with Crippen LogP contribution < -0.4 is 10.1 Å². The second-order valence-electron chi connectivity index (χ2n) is 10.7. The van der Waals surface area contributed by atoms with E-state index in [1.165, 1.54) is 11.3 Å². The van der Waals surface area contributed by atoms with E-state index in [0.29, 0.717) is 28.5 Å². The highest BCUT2D eigenvalue weighted by Crippen LogP contribution is 2.62. The first-order valence-electron chi connectivity index (χ1n) is 13.9. The number of amides is 1. The zero-order valence-electron chi connectivity index (χ0n) is 22.4. The molecule has 1 aromatic heterocycles. The van der Waals surface area contributed by atoms with Crippen LogP contribution in [0.4, 0.5) is 5.69 Å². The number of anilines is 1. The van der Waals surface area contributed by atoms with E-state index in [9.17, 15) is 14.4 Å². The molecule has 0 bridgehead atoms. The van der Waals surface area contributed by atoms with Crippen molar-refractivity contribution >= 4 is 40.6 Å². The van der Waals surface area contributed by atoms with Crippen molar-refractivity contribution in [2.45, 2.75) is 30.8 Å². The fourth-order valence-electron chi connectivity index (χ4n) is 6.85. The number of fused-ring (bicyclic) bond motifs is 6. The summed E-state index contributed by atoms with van der Waals surface area (Å²) in [6.45, 7) is 2.61. The van der Waals surface area contributed by atoms with Crippen molar-refractivity contribution in [1.29, 1.82) is 0 Å². The third-order valence-corrected chi connectivity index (χ3v) is 9.38. The van der Waals surface area contributed by atoms with Crippen molar-refractivity contribution in [3.05, 3.63) is 124 Å². The van der Waals surface area contributed by atoms with E-state index in [1.54, 1.807) is 30.3 Å². The SMILES string of the molecule is CCCOc1ccc(C(=O)[C@@H]2[C@H](C(=O)c3cccs3)N3C=Cc4ccccc4[C@@H]3[C@@]23C(=O)Nc2ccccc23)cc1. The summed E-state index contributed by atoms with van der Waals surface area (Å²) in [6.07, 6.45) is 4.74. The summed E-state index contributed by atoms with van der Waals surface area (Å²) in [7, 11) is 0. The number of rotatable bonds is 7. The summed E-state index contributed by atoms with van der Waals surface area (Å²) in [5, 5.41) is 4.95. The summed E-state index contributed by atoms with van der Waals surface area (Å²) < 4.78 is 5.75. The summed E-state index contributed by atoms with van der Waals surface area (Å²) in [5.74, 6) is -0.974. The molecule has 0 saturated carbocycles. The molecule has 4 atom stereocenters. The summed E-state index contributed by atoms with van der Waals surface area (Å²) in [6, 6.07) is 24.7. The minimum absolute atomic E-state index is 0.163. The summed E-state index contributed by atoms with van der Waals surface area (Å²) in [4.78, 5) is 46.2. The Hall–Kier alpha value is -4.49. The number of para-hydroxylation sites is 1. The van der Waals surface area contributed by atoms with Gasteiger partial charge in [-0.1, -0.05) is 55.5 Å². The quantitative estimate of drug-likeness (QED) is 0.261. The van der Waals surface area contributed by atoms with Crippen molar-refractivity contribution in [3.8, 4) is 5.75 Å². The van der Waals surface area contributed by atoms with E-state index < -0.39 is 23.4 Å². The molecule has 6 nitrogen and oxygen atoms in total. The number of nitrogens with zero attached hydrogens (tertiary/aromatic N) is 1. The van der Waals surface area contributed by atoms with Gasteiger partial charge >= 0.3 is 0 Å². The molecule has 0 unspecified atom stereocenters. The Labute approximate surface area is 242 Å². The normalized spacial score (nSPS) is 23.6. The third-order valence-electron chi connectivity index (χ3n) is 8.50. The first-order valence-corrected chi connectivity index (χ1v) is 14.7. The number of nitrogens with one attached hydrogen (secondary N) is 1. The third kappa shape index (κ3) is 3.72. The highest BCUT2D eigenvalue weighted by molar-refractivity contribution is 7.12. The molecule has 3 aliphatic heterocycles. The van der Waals surface area contributed by atoms with E-state index in [0.717, 1.165) is 23.1 Å². The zero-order chi connectivity index (χ0) is 28.1. The predicted octanol–water partition coefficient (Wildman–Crippen LogP) is 6.52. The van der Waals surface area contributed by atoms with Crippen LogP contribution in [0.3, 0.4) is 0 Å². The van der Waals surface area contributed by atoms with Crippen LogP contribution in [0.15, 0.2) is 96.5 Å². The molecular formula is C34H28N2O4S. The highest BCUT2D eigenvalue weighted by atomic mass is 32.1. The Morgan fingerprint density at radius 2 is 1.73 bits per heavy atom. The maximum absolute atomic E-state index is 14.8. The van der Waals surface area contributed by atoms with Crippen LogP contribution in [-0.2, 0) is 10.2 Å². The Kier molecular flexibility index (Phi) is 6.12. The number of thiophene rings is 1. The maximum Gasteiger partial charge on any atom is 0.238 e. The smallest absolute Gasteiger partial charge is 0.238 e. The average Bonchev–Trinajstić information content (AvgIpc) is 3.72. The van der Waals surface area contributed by atoms with Gasteiger partial charge < -0.3 is 15.0 Å². The summed E-state index contributed by atoms with van der Waals surface area (Å²) in [5.41, 5.74) is 2.42. The number of ketones is 2. The number of hydrogen-bond donors (Lipinski definition) is 1. The largest absolute Gasteiger partial charge is 0.494 e. The molecule has 1 spiro atoms. The first kappa shape index (κ1) is 25.5. The molecule has 204 valence electrons. The van der Waals surface area contributed by atoms with E-state index in [4.69, 9.17) is 4.74 Å². The topological polar surface area (TPSA) is 75.7 Å². The Morgan fingerprint density at radius 3 is 2.51 bits per heavy atom. The highest BCUT2D eigenvalue weighted by Gasteiger charge is 2.70. The Balaban J connectivity index is 1.47. The fourth-order valence-corrected chi connectivity index (χ4v) is 7.54. The molecule has 4 aromatic rings. The van der Waals surface area contributed by atoms with E-state index >= 15 is 0 Å². The fraction of sp³-hybridized carbons (Fsp3) is 0.206. The summed E-state index contributed by atoms with van der Waals surface area (Å²) >= 11 is 1.35. The molecule has 4 heterocycles. The van der Waals surface area contributed by atoms with Crippen LogP contribution in [0.25, 0.3) is 6.08 Å². The van der Waals surface area contributed by atoms with Gasteiger partial charge in [-0.15, -0.1) is 11.3 Å². The zero-order valence-corrected chi connectivity index (χ0v) is 23.3. The lowest BCUT2D eigenvalue weighted by Crippen LogP contribution is -2.49. The standard InChI is InChI=1S/C34H28N2O4S/c1-2-19-40-23-15-13-22(14-16-23)30(37)28-29(31(38)27-12-7-20-41-27)36-18-17-21-8-3-4-9-24(21)32(36)34(28)25-10-5-6-11-26(25)35-33(34)39/h3-18,20,28-29,32H,2,19H2,1H3,(H,35,39)/t28-,29+,32+,34-/m0/s1. The van der Waals surface area contributed by atoms with Gasteiger partial charge in [-0.3, -0.25) is 14.4 Å². The van der Waals surface area contributed by atoms with E-state index in [-0.39, 0.29) is 17.5 Å². The number of carbonyl (C=O) groups is 3. The van der Waals surface area contributed by atoms with Crippen molar-refractivity contribution in [2.75, 3.05) is 11.9 Å². The minimum Gasteiger partial charge on any atom is -0.494 e. The van der Waals surface area contributed by atoms with Gasteiger partial charge in [0.1, 0.15) is 17.2 Å². The molecule has 0 radical (unpaired) electrons. The second-order valence-corrected chi connectivity index (χ2v) is 11.6. The Morgan fingerprint density at radius 1 is 0.951 bits per heavy atom. The molecule has 41 heavy (non-hydrogen) atoms. The van der Waals surface area contributed by atoms with Crippen LogP contribution >= 0.6 is 11.3 Å². The molecule has 7 heteroatoms. The number of ether oxygens (including phenoxy) is 1. The van der Waals surface area contributed by atoms with Gasteiger partial charge in [-0.05, 0) is 71.0 Å². The minimum atomic E-state index is -1.33. The lowest BCUT2D eigenvalue weighted by Gasteiger charge is -2.38. The van der Waals surface area contributed by atoms with E-state index in [2.05, 4.69) is 5.32 Å². The van der Waals surface area contributed by atoms with Crippen LogP contribution in [0.1, 0.15) is 56.1 Å². The number of Topliss-reactive ketones (excluding diaryl/α,β-unsaturated/α-hetero) is 2. The second kappa shape index (κ2) is 9.85. The average molecular weight is 561 g/mol. The molecular weight excluding hydrogens is 532 g/mol. The number of carbonyl (C=O) groups excluding carboxylic acids is 3. The van der Waals surface area contributed by atoms with Gasteiger partial charge in [0.15, 0.2) is 11.6 Å². The monoisotopic (exact) mass is 560 g/mol. The van der Waals surface area contributed by atoms with Crippen molar-refractivity contribution in [3.63, 3.8) is 0 Å². The molecule has 1 N–H and O–H groups in total. The molecule has 3 aromatic carbocycles. The lowest BCUT2D eigenvalue weighted by atomic mass is 9.63.